The third kappa shape index (κ3) is 5.91. The lowest BCUT2D eigenvalue weighted by Crippen LogP contribution is -2.44. The van der Waals surface area contributed by atoms with Crippen LogP contribution in [0.1, 0.15) is 13.3 Å². The van der Waals surface area contributed by atoms with Gasteiger partial charge in [-0.05, 0) is 25.1 Å². The summed E-state index contributed by atoms with van der Waals surface area (Å²) in [5.74, 6) is -0.493. The highest BCUT2D eigenvalue weighted by atomic mass is 79.9. The highest BCUT2D eigenvalue weighted by Crippen LogP contribution is 2.25. The van der Waals surface area contributed by atoms with Crippen LogP contribution in [0, 0.1) is 0 Å². The Morgan fingerprint density at radius 3 is 2.68 bits per heavy atom. The first kappa shape index (κ1) is 15.7. The van der Waals surface area contributed by atoms with E-state index < -0.39 is 18.0 Å². The molecule has 0 aromatic heterocycles. The monoisotopic (exact) mass is 349 g/mol. The van der Waals surface area contributed by atoms with Gasteiger partial charge in [0.25, 0.3) is 0 Å². The van der Waals surface area contributed by atoms with Gasteiger partial charge in [0.05, 0.1) is 23.2 Å². The van der Waals surface area contributed by atoms with Crippen LogP contribution < -0.4 is 16.2 Å². The molecule has 8 heteroatoms. The van der Waals surface area contributed by atoms with Crippen LogP contribution in [0.4, 0.5) is 10.5 Å². The molecule has 0 radical (unpaired) electrons. The number of aliphatic hydroxyl groups excluding tert-OH is 1. The van der Waals surface area contributed by atoms with Crippen LogP contribution >= 0.6 is 27.5 Å². The molecule has 3 amide bonds. The van der Waals surface area contributed by atoms with E-state index in [9.17, 15) is 9.59 Å². The van der Waals surface area contributed by atoms with Crippen molar-refractivity contribution in [3.63, 3.8) is 0 Å². The number of carbonyl (C=O) groups excluding carboxylic acids is 2. The van der Waals surface area contributed by atoms with Crippen molar-refractivity contribution in [3.05, 3.63) is 27.7 Å². The van der Waals surface area contributed by atoms with E-state index in [4.69, 9.17) is 16.7 Å². The van der Waals surface area contributed by atoms with Gasteiger partial charge in [0.15, 0.2) is 0 Å². The van der Waals surface area contributed by atoms with Crippen LogP contribution in [-0.4, -0.2) is 23.1 Å². The molecular formula is C11H13BrClN3O3. The number of hydrogen-bond donors (Lipinski definition) is 4. The molecule has 0 spiro atoms. The van der Waals surface area contributed by atoms with Crippen LogP contribution in [0.2, 0.25) is 5.02 Å². The Balaban J connectivity index is 2.45. The first-order chi connectivity index (χ1) is 8.88. The molecule has 19 heavy (non-hydrogen) atoms. The molecule has 0 bridgehead atoms. The van der Waals surface area contributed by atoms with Gasteiger partial charge in [-0.2, -0.15) is 0 Å². The van der Waals surface area contributed by atoms with Crippen molar-refractivity contribution < 1.29 is 14.7 Å². The standard InChI is InChI=1S/C11H13BrClN3O3/c1-6(17)4-10(18)15-16-11(19)14-9-3-2-7(12)5-8(9)13/h2-3,5-6,17H,4H2,1H3,(H,15,18)(H2,14,16,19)/t6-/m0/s1. The molecule has 104 valence electrons. The molecule has 0 unspecified atom stereocenters. The quantitative estimate of drug-likeness (QED) is 0.629. The summed E-state index contributed by atoms with van der Waals surface area (Å²) in [6, 6.07) is 4.32. The number of hydrazine groups is 1. The Labute approximate surface area is 123 Å². The van der Waals surface area contributed by atoms with E-state index in [2.05, 4.69) is 32.1 Å². The summed E-state index contributed by atoms with van der Waals surface area (Å²) in [5, 5.41) is 11.8. The minimum Gasteiger partial charge on any atom is -0.393 e. The maximum atomic E-state index is 11.5. The third-order valence-electron chi connectivity index (χ3n) is 1.98. The third-order valence-corrected chi connectivity index (χ3v) is 2.78. The van der Waals surface area contributed by atoms with Crippen molar-refractivity contribution in [3.8, 4) is 0 Å². The molecule has 0 aliphatic heterocycles. The fourth-order valence-electron chi connectivity index (χ4n) is 1.19. The minimum atomic E-state index is -0.772. The zero-order valence-corrected chi connectivity index (χ0v) is 12.4. The minimum absolute atomic E-state index is 0.0979. The van der Waals surface area contributed by atoms with Crippen LogP contribution in [-0.2, 0) is 4.79 Å². The lowest BCUT2D eigenvalue weighted by Gasteiger charge is -2.10. The van der Waals surface area contributed by atoms with E-state index in [0.717, 1.165) is 4.47 Å². The maximum Gasteiger partial charge on any atom is 0.337 e. The van der Waals surface area contributed by atoms with E-state index in [0.29, 0.717) is 10.7 Å². The molecule has 0 saturated heterocycles. The van der Waals surface area contributed by atoms with Crippen molar-refractivity contribution in [2.24, 2.45) is 0 Å². The number of carbonyl (C=O) groups is 2. The van der Waals surface area contributed by atoms with E-state index in [1.54, 1.807) is 18.2 Å². The number of urea groups is 1. The number of rotatable bonds is 3. The molecule has 0 heterocycles. The molecule has 1 aromatic carbocycles. The predicted molar refractivity (Wildman–Crippen MR) is 75.7 cm³/mol. The van der Waals surface area contributed by atoms with Crippen LogP contribution in [0.15, 0.2) is 22.7 Å². The fraction of sp³-hybridized carbons (Fsp3) is 0.273. The van der Waals surface area contributed by atoms with Gasteiger partial charge in [-0.15, -0.1) is 0 Å². The van der Waals surface area contributed by atoms with Crippen molar-refractivity contribution in [2.45, 2.75) is 19.4 Å². The van der Waals surface area contributed by atoms with Crippen molar-refractivity contribution in [1.82, 2.24) is 10.9 Å². The Morgan fingerprint density at radius 2 is 2.11 bits per heavy atom. The molecule has 1 atom stereocenters. The number of nitrogens with one attached hydrogen (secondary N) is 3. The number of anilines is 1. The first-order valence-electron chi connectivity index (χ1n) is 5.37. The first-order valence-corrected chi connectivity index (χ1v) is 6.54. The molecule has 1 rings (SSSR count). The van der Waals surface area contributed by atoms with Gasteiger partial charge in [0.1, 0.15) is 0 Å². The van der Waals surface area contributed by atoms with Crippen LogP contribution in [0.25, 0.3) is 0 Å². The Kier molecular flexibility index (Phi) is 6.07. The topological polar surface area (TPSA) is 90.5 Å². The lowest BCUT2D eigenvalue weighted by molar-refractivity contribution is -0.123. The Bertz CT molecular complexity index is 482. The second-order valence-corrected chi connectivity index (χ2v) is 5.13. The Hall–Kier alpha value is -1.31. The molecule has 0 aliphatic carbocycles. The molecule has 4 N–H and O–H groups in total. The van der Waals surface area contributed by atoms with Crippen LogP contribution in [0.3, 0.4) is 0 Å². The average Bonchev–Trinajstić information content (AvgIpc) is 2.29. The van der Waals surface area contributed by atoms with Gasteiger partial charge in [0.2, 0.25) is 5.91 Å². The molecule has 6 nitrogen and oxygen atoms in total. The second kappa shape index (κ2) is 7.32. The smallest absolute Gasteiger partial charge is 0.337 e. The highest BCUT2D eigenvalue weighted by molar-refractivity contribution is 9.10. The van der Waals surface area contributed by atoms with E-state index in [-0.39, 0.29) is 6.42 Å². The van der Waals surface area contributed by atoms with E-state index >= 15 is 0 Å². The van der Waals surface area contributed by atoms with Gasteiger partial charge < -0.3 is 10.4 Å². The number of halogens is 2. The summed E-state index contributed by atoms with van der Waals surface area (Å²) in [6.07, 6.45) is -0.870. The maximum absolute atomic E-state index is 11.5. The molecular weight excluding hydrogens is 337 g/mol. The van der Waals surface area contributed by atoms with E-state index in [1.807, 2.05) is 0 Å². The summed E-state index contributed by atoms with van der Waals surface area (Å²) in [4.78, 5) is 22.6. The van der Waals surface area contributed by atoms with Crippen molar-refractivity contribution in [1.29, 1.82) is 0 Å². The lowest BCUT2D eigenvalue weighted by atomic mass is 10.3. The van der Waals surface area contributed by atoms with E-state index in [1.165, 1.54) is 6.92 Å². The number of amides is 3. The second-order valence-electron chi connectivity index (χ2n) is 3.80. The van der Waals surface area contributed by atoms with Gasteiger partial charge in [-0.25, -0.2) is 10.2 Å². The molecule has 0 aliphatic rings. The number of aliphatic hydroxyl groups is 1. The summed E-state index contributed by atoms with van der Waals surface area (Å²) < 4.78 is 0.786. The molecule has 0 fully saturated rings. The largest absolute Gasteiger partial charge is 0.393 e. The van der Waals surface area contributed by atoms with Gasteiger partial charge in [-0.3, -0.25) is 10.2 Å². The zero-order chi connectivity index (χ0) is 14.4. The van der Waals surface area contributed by atoms with Crippen molar-refractivity contribution >= 4 is 45.2 Å². The number of hydrogen-bond acceptors (Lipinski definition) is 3. The zero-order valence-electron chi connectivity index (χ0n) is 10.0. The fourth-order valence-corrected chi connectivity index (χ4v) is 1.91. The normalized spacial score (nSPS) is 11.6. The van der Waals surface area contributed by atoms with Gasteiger partial charge >= 0.3 is 6.03 Å². The van der Waals surface area contributed by atoms with Crippen molar-refractivity contribution in [2.75, 3.05) is 5.32 Å². The van der Waals surface area contributed by atoms with Gasteiger partial charge in [0, 0.05) is 4.47 Å². The highest BCUT2D eigenvalue weighted by Gasteiger charge is 2.09. The number of benzene rings is 1. The summed E-state index contributed by atoms with van der Waals surface area (Å²) >= 11 is 9.15. The summed E-state index contributed by atoms with van der Waals surface area (Å²) in [7, 11) is 0. The van der Waals surface area contributed by atoms with Crippen LogP contribution in [0.5, 0.6) is 0 Å². The molecule has 1 aromatic rings. The average molecular weight is 351 g/mol. The molecule has 0 saturated carbocycles. The SMILES string of the molecule is C[C@H](O)CC(=O)NNC(=O)Nc1ccc(Br)cc1Cl. The summed E-state index contributed by atoms with van der Waals surface area (Å²) in [5.41, 5.74) is 4.71. The summed E-state index contributed by atoms with van der Waals surface area (Å²) in [6.45, 7) is 1.47. The Morgan fingerprint density at radius 1 is 1.42 bits per heavy atom. The van der Waals surface area contributed by atoms with Gasteiger partial charge in [-0.1, -0.05) is 27.5 Å². The predicted octanol–water partition coefficient (Wildman–Crippen LogP) is 2.03.